The van der Waals surface area contributed by atoms with Gasteiger partial charge in [-0.15, -0.1) is 0 Å². The van der Waals surface area contributed by atoms with Gasteiger partial charge in [0.1, 0.15) is 11.3 Å². The molecule has 0 saturated carbocycles. The van der Waals surface area contributed by atoms with Crippen LogP contribution in [0.1, 0.15) is 23.0 Å². The third-order valence-corrected chi connectivity index (χ3v) is 4.00. The van der Waals surface area contributed by atoms with E-state index in [1.54, 1.807) is 6.07 Å². The first-order chi connectivity index (χ1) is 13.0. The van der Waals surface area contributed by atoms with Crippen LogP contribution >= 0.6 is 0 Å². The number of anilines is 1. The zero-order valence-electron chi connectivity index (χ0n) is 14.9. The molecule has 2 aromatic carbocycles. The number of methoxy groups -OCH3 is 1. The van der Waals surface area contributed by atoms with Gasteiger partial charge in [0.25, 0.3) is 11.6 Å². The molecule has 27 heavy (non-hydrogen) atoms. The fraction of sp³-hybridized carbons (Fsp3) is 0.211. The second-order valence-electron chi connectivity index (χ2n) is 5.64. The molecule has 0 fully saturated rings. The van der Waals surface area contributed by atoms with Crippen molar-refractivity contribution in [2.45, 2.75) is 13.5 Å². The van der Waals surface area contributed by atoms with E-state index in [2.05, 4.69) is 5.32 Å². The number of nitro benzene ring substituents is 1. The molecular formula is C19H18N2O6. The molecule has 1 N–H and O–H groups in total. The molecule has 0 aliphatic rings. The minimum atomic E-state index is -0.545. The van der Waals surface area contributed by atoms with Crippen molar-refractivity contribution in [2.75, 3.05) is 19.0 Å². The van der Waals surface area contributed by atoms with Gasteiger partial charge in [-0.05, 0) is 19.1 Å². The number of carbonyl (C=O) groups excluding carboxylic acids is 1. The zero-order valence-corrected chi connectivity index (χ0v) is 14.9. The second kappa shape index (κ2) is 7.88. The lowest BCUT2D eigenvalue weighted by Crippen LogP contribution is -2.14. The summed E-state index contributed by atoms with van der Waals surface area (Å²) >= 11 is 0. The third-order valence-electron chi connectivity index (χ3n) is 4.00. The number of fused-ring (bicyclic) bond motifs is 1. The summed E-state index contributed by atoms with van der Waals surface area (Å²) in [6, 6.07) is 11.2. The number of furan rings is 1. The van der Waals surface area contributed by atoms with Gasteiger partial charge in [0, 0.05) is 29.7 Å². The van der Waals surface area contributed by atoms with Crippen molar-refractivity contribution in [3.8, 4) is 5.75 Å². The van der Waals surface area contributed by atoms with Crippen molar-refractivity contribution >= 4 is 28.3 Å². The molecule has 0 unspecified atom stereocenters. The number of hydrogen-bond acceptors (Lipinski definition) is 6. The Kier molecular flexibility index (Phi) is 5.37. The van der Waals surface area contributed by atoms with E-state index in [0.717, 1.165) is 5.39 Å². The Morgan fingerprint density at radius 3 is 2.74 bits per heavy atom. The van der Waals surface area contributed by atoms with Crippen LogP contribution in [0.5, 0.6) is 5.75 Å². The lowest BCUT2D eigenvalue weighted by molar-refractivity contribution is -0.384. The second-order valence-corrected chi connectivity index (χ2v) is 5.64. The van der Waals surface area contributed by atoms with Gasteiger partial charge < -0.3 is 19.2 Å². The molecule has 0 saturated heterocycles. The fourth-order valence-electron chi connectivity index (χ4n) is 2.72. The van der Waals surface area contributed by atoms with Crippen LogP contribution < -0.4 is 10.1 Å². The average Bonchev–Trinajstić information content (AvgIpc) is 3.05. The first kappa shape index (κ1) is 18.4. The number of rotatable bonds is 7. The van der Waals surface area contributed by atoms with Crippen LogP contribution in [-0.2, 0) is 11.3 Å². The lowest BCUT2D eigenvalue weighted by Gasteiger charge is -2.10. The van der Waals surface area contributed by atoms with E-state index >= 15 is 0 Å². The molecule has 8 heteroatoms. The Balaban J connectivity index is 1.99. The van der Waals surface area contributed by atoms with Crippen LogP contribution in [0.3, 0.4) is 0 Å². The molecule has 1 amide bonds. The minimum absolute atomic E-state index is 0.0956. The largest absolute Gasteiger partial charge is 0.495 e. The Bertz CT molecular complexity index is 995. The number of hydrogen-bond donors (Lipinski definition) is 1. The summed E-state index contributed by atoms with van der Waals surface area (Å²) in [5.41, 5.74) is 1.20. The molecule has 1 heterocycles. The maximum atomic E-state index is 12.8. The van der Waals surface area contributed by atoms with E-state index < -0.39 is 10.8 Å². The van der Waals surface area contributed by atoms with Crippen LogP contribution in [0.25, 0.3) is 11.0 Å². The van der Waals surface area contributed by atoms with Crippen molar-refractivity contribution in [3.05, 3.63) is 63.9 Å². The monoisotopic (exact) mass is 370 g/mol. The van der Waals surface area contributed by atoms with Gasteiger partial charge in [0.2, 0.25) is 0 Å². The maximum Gasteiger partial charge on any atom is 0.291 e. The Labute approximate surface area is 154 Å². The first-order valence-electron chi connectivity index (χ1n) is 8.27. The first-order valence-corrected chi connectivity index (χ1v) is 8.27. The summed E-state index contributed by atoms with van der Waals surface area (Å²) in [7, 11) is 1.42. The van der Waals surface area contributed by atoms with Crippen molar-refractivity contribution in [3.63, 3.8) is 0 Å². The number of carbonyl (C=O) groups is 1. The summed E-state index contributed by atoms with van der Waals surface area (Å²) in [5, 5.41) is 14.4. The SMILES string of the molecule is CCOCc1c(C(=O)Nc2cc([N+](=O)[O-])ccc2OC)oc2ccccc12. The van der Waals surface area contributed by atoms with E-state index in [-0.39, 0.29) is 23.7 Å². The molecule has 3 aromatic rings. The topological polar surface area (TPSA) is 104 Å². The summed E-state index contributed by atoms with van der Waals surface area (Å²) in [5.74, 6) is -0.144. The standard InChI is InChI=1S/C19H18N2O6/c1-3-26-11-14-13-6-4-5-7-16(13)27-18(14)19(22)20-15-10-12(21(23)24)8-9-17(15)25-2/h4-10H,3,11H2,1-2H3,(H,20,22). The quantitative estimate of drug-likeness (QED) is 0.495. The molecule has 0 spiro atoms. The predicted molar refractivity (Wildman–Crippen MR) is 99.1 cm³/mol. The van der Waals surface area contributed by atoms with E-state index in [1.165, 1.54) is 25.3 Å². The van der Waals surface area contributed by atoms with Gasteiger partial charge in [-0.2, -0.15) is 0 Å². The molecule has 0 atom stereocenters. The molecule has 8 nitrogen and oxygen atoms in total. The Morgan fingerprint density at radius 2 is 2.04 bits per heavy atom. The lowest BCUT2D eigenvalue weighted by atomic mass is 10.1. The number of ether oxygens (including phenoxy) is 2. The summed E-state index contributed by atoms with van der Waals surface area (Å²) in [4.78, 5) is 23.3. The highest BCUT2D eigenvalue weighted by atomic mass is 16.6. The van der Waals surface area contributed by atoms with Gasteiger partial charge >= 0.3 is 0 Å². The van der Waals surface area contributed by atoms with Gasteiger partial charge in [-0.25, -0.2) is 0 Å². The number of amides is 1. The van der Waals surface area contributed by atoms with Crippen molar-refractivity contribution in [2.24, 2.45) is 0 Å². The molecular weight excluding hydrogens is 352 g/mol. The number of benzene rings is 2. The molecule has 3 rings (SSSR count). The van der Waals surface area contributed by atoms with Crippen LogP contribution in [0.15, 0.2) is 46.9 Å². The van der Waals surface area contributed by atoms with E-state index in [0.29, 0.717) is 23.5 Å². The van der Waals surface area contributed by atoms with Gasteiger partial charge in [-0.1, -0.05) is 18.2 Å². The normalized spacial score (nSPS) is 10.7. The number of non-ortho nitro benzene ring substituents is 1. The van der Waals surface area contributed by atoms with Crippen LogP contribution in [-0.4, -0.2) is 24.5 Å². The molecule has 0 radical (unpaired) electrons. The smallest absolute Gasteiger partial charge is 0.291 e. The summed E-state index contributed by atoms with van der Waals surface area (Å²) < 4.78 is 16.4. The molecule has 0 bridgehead atoms. The highest BCUT2D eigenvalue weighted by Gasteiger charge is 2.22. The molecule has 0 aliphatic heterocycles. The number of nitro groups is 1. The Morgan fingerprint density at radius 1 is 1.26 bits per heavy atom. The molecule has 1 aromatic heterocycles. The van der Waals surface area contributed by atoms with Crippen molar-refractivity contribution in [1.82, 2.24) is 0 Å². The van der Waals surface area contributed by atoms with E-state index in [1.807, 2.05) is 25.1 Å². The van der Waals surface area contributed by atoms with Crippen molar-refractivity contribution < 1.29 is 23.6 Å². The number of nitrogens with zero attached hydrogens (tertiary/aromatic N) is 1. The zero-order chi connectivity index (χ0) is 19.4. The highest BCUT2D eigenvalue weighted by Crippen LogP contribution is 2.31. The van der Waals surface area contributed by atoms with E-state index in [9.17, 15) is 14.9 Å². The highest BCUT2D eigenvalue weighted by molar-refractivity contribution is 6.07. The van der Waals surface area contributed by atoms with Crippen LogP contribution in [0.2, 0.25) is 0 Å². The predicted octanol–water partition coefficient (Wildman–Crippen LogP) is 4.14. The van der Waals surface area contributed by atoms with Gasteiger partial charge in [0.05, 0.1) is 24.3 Å². The summed E-state index contributed by atoms with van der Waals surface area (Å²) in [6.07, 6.45) is 0. The number of nitrogens with one attached hydrogen (secondary N) is 1. The average molecular weight is 370 g/mol. The summed E-state index contributed by atoms with van der Waals surface area (Å²) in [6.45, 7) is 2.55. The minimum Gasteiger partial charge on any atom is -0.495 e. The Hall–Kier alpha value is -3.39. The maximum absolute atomic E-state index is 12.8. The van der Waals surface area contributed by atoms with Gasteiger partial charge in [-0.3, -0.25) is 14.9 Å². The third kappa shape index (κ3) is 3.75. The van der Waals surface area contributed by atoms with Gasteiger partial charge in [0.15, 0.2) is 5.76 Å². The molecule has 0 aliphatic carbocycles. The van der Waals surface area contributed by atoms with Crippen LogP contribution in [0, 0.1) is 10.1 Å². The fourth-order valence-corrected chi connectivity index (χ4v) is 2.72. The number of para-hydroxylation sites is 1. The van der Waals surface area contributed by atoms with Crippen molar-refractivity contribution in [1.29, 1.82) is 0 Å². The molecule has 140 valence electrons. The van der Waals surface area contributed by atoms with E-state index in [4.69, 9.17) is 13.9 Å². The van der Waals surface area contributed by atoms with Crippen LogP contribution in [0.4, 0.5) is 11.4 Å².